The average molecular weight is 142 g/mol. The maximum Gasteiger partial charge on any atom is 0.0403 e. The standard InChI is InChI=1S/C8H18N2/c1-6-10-7(2)8(3,4)9-5/h6-7,9-10H,1H2,2-5H3/t7-/m0/s1. The van der Waals surface area contributed by atoms with Crippen LogP contribution in [0.4, 0.5) is 0 Å². The second kappa shape index (κ2) is 3.62. The van der Waals surface area contributed by atoms with Gasteiger partial charge >= 0.3 is 0 Å². The summed E-state index contributed by atoms with van der Waals surface area (Å²) in [5, 5.41) is 6.35. The van der Waals surface area contributed by atoms with Crippen LogP contribution in [0.1, 0.15) is 20.8 Å². The van der Waals surface area contributed by atoms with E-state index in [1.807, 2.05) is 7.05 Å². The lowest BCUT2D eigenvalue weighted by molar-refractivity contribution is 0.331. The third-order valence-electron chi connectivity index (χ3n) is 2.09. The maximum atomic E-state index is 3.61. The zero-order chi connectivity index (χ0) is 8.20. The molecule has 0 spiro atoms. The molecule has 10 heavy (non-hydrogen) atoms. The van der Waals surface area contributed by atoms with Crippen LogP contribution in [0.25, 0.3) is 0 Å². The van der Waals surface area contributed by atoms with Crippen LogP contribution in [-0.2, 0) is 0 Å². The first-order valence-electron chi connectivity index (χ1n) is 3.60. The predicted octanol–water partition coefficient (Wildman–Crippen LogP) is 1.11. The summed E-state index contributed by atoms with van der Waals surface area (Å²) in [6.45, 7) is 10.0. The van der Waals surface area contributed by atoms with Gasteiger partial charge in [-0.1, -0.05) is 6.58 Å². The van der Waals surface area contributed by atoms with Gasteiger partial charge in [0.1, 0.15) is 0 Å². The normalized spacial score (nSPS) is 14.4. The molecule has 0 amide bonds. The van der Waals surface area contributed by atoms with Crippen molar-refractivity contribution in [2.45, 2.75) is 32.4 Å². The molecule has 0 aliphatic carbocycles. The van der Waals surface area contributed by atoms with E-state index in [2.05, 4.69) is 38.0 Å². The molecule has 0 fully saturated rings. The molecule has 0 aromatic carbocycles. The fourth-order valence-electron chi connectivity index (χ4n) is 0.602. The minimum Gasteiger partial charge on any atom is -0.387 e. The van der Waals surface area contributed by atoms with Crippen molar-refractivity contribution in [3.05, 3.63) is 12.8 Å². The molecule has 60 valence electrons. The van der Waals surface area contributed by atoms with Crippen molar-refractivity contribution in [2.24, 2.45) is 0 Å². The summed E-state index contributed by atoms with van der Waals surface area (Å²) in [7, 11) is 1.96. The molecule has 0 aliphatic rings. The fourth-order valence-corrected chi connectivity index (χ4v) is 0.602. The highest BCUT2D eigenvalue weighted by Crippen LogP contribution is 2.06. The van der Waals surface area contributed by atoms with Crippen molar-refractivity contribution >= 4 is 0 Å². The van der Waals surface area contributed by atoms with E-state index in [4.69, 9.17) is 0 Å². The SMILES string of the molecule is C=CN[C@@H](C)C(C)(C)NC. The van der Waals surface area contributed by atoms with Crippen molar-refractivity contribution in [3.63, 3.8) is 0 Å². The molecule has 1 atom stereocenters. The molecule has 2 heteroatoms. The second-order valence-electron chi connectivity index (χ2n) is 3.06. The summed E-state index contributed by atoms with van der Waals surface area (Å²) in [5.74, 6) is 0. The van der Waals surface area contributed by atoms with E-state index in [0.717, 1.165) is 0 Å². The van der Waals surface area contributed by atoms with Gasteiger partial charge in [-0.2, -0.15) is 0 Å². The van der Waals surface area contributed by atoms with Gasteiger partial charge in [-0.05, 0) is 34.0 Å². The Morgan fingerprint density at radius 3 is 2.30 bits per heavy atom. The molecule has 0 heterocycles. The summed E-state index contributed by atoms with van der Waals surface area (Å²) >= 11 is 0. The number of nitrogens with one attached hydrogen (secondary N) is 2. The van der Waals surface area contributed by atoms with Gasteiger partial charge in [0.05, 0.1) is 0 Å². The number of hydrogen-bond acceptors (Lipinski definition) is 2. The van der Waals surface area contributed by atoms with Gasteiger partial charge in [0.25, 0.3) is 0 Å². The molecule has 0 aliphatic heterocycles. The molecule has 0 radical (unpaired) electrons. The Morgan fingerprint density at radius 1 is 1.50 bits per heavy atom. The Bertz CT molecular complexity index is 108. The molecule has 0 saturated heterocycles. The second-order valence-corrected chi connectivity index (χ2v) is 3.06. The highest BCUT2D eigenvalue weighted by Gasteiger charge is 2.21. The van der Waals surface area contributed by atoms with E-state index in [1.54, 1.807) is 6.20 Å². The van der Waals surface area contributed by atoms with Crippen LogP contribution in [0.2, 0.25) is 0 Å². The van der Waals surface area contributed by atoms with Gasteiger partial charge < -0.3 is 10.6 Å². The van der Waals surface area contributed by atoms with Crippen LogP contribution in [0.5, 0.6) is 0 Å². The molecule has 0 unspecified atom stereocenters. The van der Waals surface area contributed by atoms with Crippen LogP contribution < -0.4 is 10.6 Å². The lowest BCUT2D eigenvalue weighted by Crippen LogP contribution is -2.51. The lowest BCUT2D eigenvalue weighted by Gasteiger charge is -2.31. The molecule has 0 bridgehead atoms. The van der Waals surface area contributed by atoms with Gasteiger partial charge in [0.2, 0.25) is 0 Å². The molecule has 0 saturated carbocycles. The quantitative estimate of drug-likeness (QED) is 0.614. The zero-order valence-corrected chi connectivity index (χ0v) is 7.36. The minimum atomic E-state index is 0.119. The Labute approximate surface area is 63.7 Å². The van der Waals surface area contributed by atoms with Crippen LogP contribution in [0.3, 0.4) is 0 Å². The molecule has 0 aromatic heterocycles. The van der Waals surface area contributed by atoms with Crippen LogP contribution in [-0.4, -0.2) is 18.6 Å². The molecule has 2 nitrogen and oxygen atoms in total. The predicted molar refractivity (Wildman–Crippen MR) is 45.9 cm³/mol. The van der Waals surface area contributed by atoms with Crippen LogP contribution >= 0.6 is 0 Å². The van der Waals surface area contributed by atoms with Gasteiger partial charge in [0, 0.05) is 11.6 Å². The average Bonchev–Trinajstić information content (AvgIpc) is 1.89. The Kier molecular flexibility index (Phi) is 3.43. The Morgan fingerprint density at radius 2 is 2.00 bits per heavy atom. The smallest absolute Gasteiger partial charge is 0.0403 e. The largest absolute Gasteiger partial charge is 0.387 e. The van der Waals surface area contributed by atoms with E-state index in [0.29, 0.717) is 6.04 Å². The van der Waals surface area contributed by atoms with Crippen molar-refractivity contribution in [2.75, 3.05) is 7.05 Å². The first-order chi connectivity index (χ1) is 4.54. The van der Waals surface area contributed by atoms with E-state index in [1.165, 1.54) is 0 Å². The summed E-state index contributed by atoms with van der Waals surface area (Å²) in [6, 6.07) is 0.398. The van der Waals surface area contributed by atoms with Gasteiger partial charge in [0.15, 0.2) is 0 Å². The third-order valence-corrected chi connectivity index (χ3v) is 2.09. The Hall–Kier alpha value is -0.500. The minimum absolute atomic E-state index is 0.119. The number of likely N-dealkylation sites (N-methyl/N-ethyl adjacent to an activating group) is 1. The summed E-state index contributed by atoms with van der Waals surface area (Å²) in [5.41, 5.74) is 0.119. The van der Waals surface area contributed by atoms with E-state index >= 15 is 0 Å². The van der Waals surface area contributed by atoms with Gasteiger partial charge in [-0.15, -0.1) is 0 Å². The monoisotopic (exact) mass is 142 g/mol. The lowest BCUT2D eigenvalue weighted by atomic mass is 9.97. The summed E-state index contributed by atoms with van der Waals surface area (Å²) < 4.78 is 0. The maximum absolute atomic E-state index is 3.61. The van der Waals surface area contributed by atoms with Gasteiger partial charge in [-0.3, -0.25) is 0 Å². The van der Waals surface area contributed by atoms with E-state index < -0.39 is 0 Å². The number of hydrogen-bond donors (Lipinski definition) is 2. The fraction of sp³-hybridized carbons (Fsp3) is 0.750. The van der Waals surface area contributed by atoms with E-state index in [-0.39, 0.29) is 5.54 Å². The highest BCUT2D eigenvalue weighted by atomic mass is 15.0. The summed E-state index contributed by atoms with van der Waals surface area (Å²) in [4.78, 5) is 0. The van der Waals surface area contributed by atoms with Crippen molar-refractivity contribution in [3.8, 4) is 0 Å². The van der Waals surface area contributed by atoms with Crippen molar-refractivity contribution < 1.29 is 0 Å². The van der Waals surface area contributed by atoms with Crippen molar-refractivity contribution in [1.82, 2.24) is 10.6 Å². The number of rotatable bonds is 4. The van der Waals surface area contributed by atoms with Crippen LogP contribution in [0.15, 0.2) is 12.8 Å². The molecule has 2 N–H and O–H groups in total. The Balaban J connectivity index is 3.89. The van der Waals surface area contributed by atoms with Crippen molar-refractivity contribution in [1.29, 1.82) is 0 Å². The first-order valence-corrected chi connectivity index (χ1v) is 3.60. The molecular weight excluding hydrogens is 124 g/mol. The zero-order valence-electron chi connectivity index (χ0n) is 7.36. The third kappa shape index (κ3) is 2.40. The highest BCUT2D eigenvalue weighted by molar-refractivity contribution is 4.89. The molecule has 0 rings (SSSR count). The topological polar surface area (TPSA) is 24.1 Å². The van der Waals surface area contributed by atoms with E-state index in [9.17, 15) is 0 Å². The van der Waals surface area contributed by atoms with Gasteiger partial charge in [-0.25, -0.2) is 0 Å². The van der Waals surface area contributed by atoms with Crippen LogP contribution in [0, 0.1) is 0 Å². The summed E-state index contributed by atoms with van der Waals surface area (Å²) in [6.07, 6.45) is 1.73. The molecular formula is C8H18N2. The first kappa shape index (κ1) is 9.50. The molecule has 0 aromatic rings.